The summed E-state index contributed by atoms with van der Waals surface area (Å²) < 4.78 is 0. The minimum Gasteiger partial charge on any atom is -0.351 e. The fourth-order valence-corrected chi connectivity index (χ4v) is 1.60. The van der Waals surface area contributed by atoms with E-state index in [1.54, 1.807) is 24.3 Å². The summed E-state index contributed by atoms with van der Waals surface area (Å²) in [5, 5.41) is 9.56. The number of benzene rings is 1. The summed E-state index contributed by atoms with van der Waals surface area (Å²) in [6, 6.07) is 10.6. The molecule has 1 heterocycles. The molecule has 3 nitrogen and oxygen atoms in total. The van der Waals surface area contributed by atoms with Crippen molar-refractivity contribution >= 4 is 17.9 Å². The second-order valence-electron chi connectivity index (χ2n) is 3.25. The third-order valence-corrected chi connectivity index (χ3v) is 2.47. The van der Waals surface area contributed by atoms with Crippen LogP contribution < -0.4 is 0 Å². The van der Waals surface area contributed by atoms with Crippen LogP contribution in [0.1, 0.15) is 16.1 Å². The highest BCUT2D eigenvalue weighted by atomic mass is 35.5. The maximum Gasteiger partial charge on any atom is 0.166 e. The van der Waals surface area contributed by atoms with Crippen LogP contribution in [0.3, 0.4) is 0 Å². The van der Waals surface area contributed by atoms with E-state index in [1.165, 1.54) is 6.07 Å². The van der Waals surface area contributed by atoms with E-state index in [-0.39, 0.29) is 0 Å². The summed E-state index contributed by atoms with van der Waals surface area (Å²) in [7, 11) is 0. The molecular weight excluding hydrogens is 224 g/mol. The number of nitrogens with one attached hydrogen (secondary N) is 1. The van der Waals surface area contributed by atoms with Crippen LogP contribution in [0.4, 0.5) is 0 Å². The van der Waals surface area contributed by atoms with Gasteiger partial charge in [0, 0.05) is 5.02 Å². The van der Waals surface area contributed by atoms with Crippen LogP contribution in [-0.4, -0.2) is 11.3 Å². The molecule has 2 aromatic rings. The van der Waals surface area contributed by atoms with Crippen LogP contribution in [0.5, 0.6) is 0 Å². The summed E-state index contributed by atoms with van der Waals surface area (Å²) in [6.45, 7) is 0. The van der Waals surface area contributed by atoms with Crippen molar-refractivity contribution in [3.8, 4) is 17.3 Å². The molecule has 0 saturated carbocycles. The normalized spacial score (nSPS) is 9.75. The number of hydrogen-bond acceptors (Lipinski definition) is 2. The second-order valence-corrected chi connectivity index (χ2v) is 3.69. The van der Waals surface area contributed by atoms with E-state index in [9.17, 15) is 4.79 Å². The number of nitriles is 1. The number of aldehydes is 1. The first-order valence-corrected chi connectivity index (χ1v) is 4.96. The van der Waals surface area contributed by atoms with Crippen molar-refractivity contribution in [2.24, 2.45) is 0 Å². The number of carbonyl (C=O) groups is 1. The molecule has 2 rings (SSSR count). The predicted octanol–water partition coefficient (Wildman–Crippen LogP) is 3.02. The number of halogens is 1. The third kappa shape index (κ3) is 1.83. The maximum atomic E-state index is 10.6. The highest BCUT2D eigenvalue weighted by Crippen LogP contribution is 2.24. The Hall–Kier alpha value is -2.05. The Kier molecular flexibility index (Phi) is 2.76. The minimum absolute atomic E-state index is 0.390. The topological polar surface area (TPSA) is 56.6 Å². The largest absolute Gasteiger partial charge is 0.351 e. The zero-order valence-corrected chi connectivity index (χ0v) is 8.95. The van der Waals surface area contributed by atoms with Gasteiger partial charge in [-0.2, -0.15) is 5.26 Å². The Morgan fingerprint density at radius 3 is 2.56 bits per heavy atom. The number of carbonyl (C=O) groups excluding carboxylic acids is 1. The fraction of sp³-hybridized carbons (Fsp3) is 0. The highest BCUT2D eigenvalue weighted by Gasteiger charge is 2.09. The zero-order valence-electron chi connectivity index (χ0n) is 8.20. The van der Waals surface area contributed by atoms with Crippen molar-refractivity contribution in [2.45, 2.75) is 0 Å². The molecule has 4 heteroatoms. The molecule has 0 aliphatic rings. The zero-order chi connectivity index (χ0) is 11.5. The first-order chi connectivity index (χ1) is 7.74. The number of H-pyrrole nitrogens is 1. The highest BCUT2D eigenvalue weighted by molar-refractivity contribution is 6.30. The van der Waals surface area contributed by atoms with Gasteiger partial charge in [-0.15, -0.1) is 0 Å². The number of rotatable bonds is 2. The van der Waals surface area contributed by atoms with E-state index in [2.05, 4.69) is 4.98 Å². The van der Waals surface area contributed by atoms with Gasteiger partial charge in [-0.25, -0.2) is 0 Å². The van der Waals surface area contributed by atoms with Gasteiger partial charge in [0.1, 0.15) is 6.07 Å². The Morgan fingerprint density at radius 1 is 1.31 bits per heavy atom. The lowest BCUT2D eigenvalue weighted by molar-refractivity contribution is 0.111. The summed E-state index contributed by atoms with van der Waals surface area (Å²) in [5.74, 6) is 0. The molecule has 1 aromatic heterocycles. The van der Waals surface area contributed by atoms with Crippen LogP contribution in [0.2, 0.25) is 5.02 Å². The summed E-state index contributed by atoms with van der Waals surface area (Å²) >= 11 is 5.77. The van der Waals surface area contributed by atoms with E-state index in [0.717, 1.165) is 5.56 Å². The van der Waals surface area contributed by atoms with Crippen LogP contribution >= 0.6 is 11.6 Å². The minimum atomic E-state index is 0.390. The monoisotopic (exact) mass is 230 g/mol. The molecule has 0 radical (unpaired) electrons. The Labute approximate surface area is 97.3 Å². The van der Waals surface area contributed by atoms with E-state index in [4.69, 9.17) is 16.9 Å². The lowest BCUT2D eigenvalue weighted by Crippen LogP contribution is -1.82. The van der Waals surface area contributed by atoms with Gasteiger partial charge in [0.25, 0.3) is 0 Å². The summed E-state index contributed by atoms with van der Waals surface area (Å²) in [6.07, 6.45) is 0.681. The molecule has 78 valence electrons. The summed E-state index contributed by atoms with van der Waals surface area (Å²) in [4.78, 5) is 13.5. The number of aromatic nitrogens is 1. The van der Waals surface area contributed by atoms with E-state index >= 15 is 0 Å². The Balaban J connectivity index is 2.55. The first kappa shape index (κ1) is 10.5. The van der Waals surface area contributed by atoms with Crippen molar-refractivity contribution in [3.05, 3.63) is 46.6 Å². The molecule has 0 amide bonds. The van der Waals surface area contributed by atoms with Gasteiger partial charge in [-0.1, -0.05) is 23.7 Å². The fourth-order valence-electron chi connectivity index (χ4n) is 1.47. The average Bonchev–Trinajstić information content (AvgIpc) is 2.73. The molecule has 0 fully saturated rings. The molecule has 1 aromatic carbocycles. The number of aromatic amines is 1. The van der Waals surface area contributed by atoms with Crippen LogP contribution in [-0.2, 0) is 0 Å². The molecule has 0 aliphatic heterocycles. The predicted molar refractivity (Wildman–Crippen MR) is 61.3 cm³/mol. The maximum absolute atomic E-state index is 10.6. The molecule has 0 aliphatic carbocycles. The smallest absolute Gasteiger partial charge is 0.166 e. The SMILES string of the molecule is N#Cc1cc(C=O)[nH]c1-c1ccc(Cl)cc1. The van der Waals surface area contributed by atoms with Crippen molar-refractivity contribution < 1.29 is 4.79 Å². The molecule has 1 N–H and O–H groups in total. The number of nitrogens with zero attached hydrogens (tertiary/aromatic N) is 1. The van der Waals surface area contributed by atoms with E-state index in [1.807, 2.05) is 6.07 Å². The number of hydrogen-bond donors (Lipinski definition) is 1. The van der Waals surface area contributed by atoms with Gasteiger partial charge >= 0.3 is 0 Å². The third-order valence-electron chi connectivity index (χ3n) is 2.22. The lowest BCUT2D eigenvalue weighted by atomic mass is 10.1. The molecule has 0 spiro atoms. The molecule has 0 unspecified atom stereocenters. The van der Waals surface area contributed by atoms with Crippen LogP contribution in [0.25, 0.3) is 11.3 Å². The van der Waals surface area contributed by atoms with Crippen molar-refractivity contribution in [2.75, 3.05) is 0 Å². The van der Waals surface area contributed by atoms with Gasteiger partial charge in [0.2, 0.25) is 0 Å². The van der Waals surface area contributed by atoms with Gasteiger partial charge in [-0.05, 0) is 23.8 Å². The average molecular weight is 231 g/mol. The van der Waals surface area contributed by atoms with Gasteiger partial charge < -0.3 is 4.98 Å². The lowest BCUT2D eigenvalue weighted by Gasteiger charge is -1.98. The molecule has 0 bridgehead atoms. The van der Waals surface area contributed by atoms with Crippen molar-refractivity contribution in [1.29, 1.82) is 5.26 Å². The van der Waals surface area contributed by atoms with Crippen LogP contribution in [0, 0.1) is 11.3 Å². The van der Waals surface area contributed by atoms with Gasteiger partial charge in [-0.3, -0.25) is 4.79 Å². The van der Waals surface area contributed by atoms with Crippen LogP contribution in [0.15, 0.2) is 30.3 Å². The van der Waals surface area contributed by atoms with Gasteiger partial charge in [0.15, 0.2) is 6.29 Å². The van der Waals surface area contributed by atoms with Gasteiger partial charge in [0.05, 0.1) is 17.0 Å². The molecule has 16 heavy (non-hydrogen) atoms. The second kappa shape index (κ2) is 4.21. The van der Waals surface area contributed by atoms with E-state index in [0.29, 0.717) is 28.3 Å². The van der Waals surface area contributed by atoms with Crippen molar-refractivity contribution in [3.63, 3.8) is 0 Å². The van der Waals surface area contributed by atoms with E-state index < -0.39 is 0 Å². The molecular formula is C12H7ClN2O. The first-order valence-electron chi connectivity index (χ1n) is 4.59. The Bertz CT molecular complexity index is 564. The Morgan fingerprint density at radius 2 is 2.00 bits per heavy atom. The quantitative estimate of drug-likeness (QED) is 0.807. The standard InChI is InChI=1S/C12H7ClN2O/c13-10-3-1-8(2-4-10)12-9(6-14)5-11(7-16)15-12/h1-5,7,15H. The summed E-state index contributed by atoms with van der Waals surface area (Å²) in [5.41, 5.74) is 2.31. The molecule has 0 atom stereocenters. The molecule has 0 saturated heterocycles. The van der Waals surface area contributed by atoms with Crippen molar-refractivity contribution in [1.82, 2.24) is 4.98 Å².